The molecule has 1 amide bonds. The van der Waals surface area contributed by atoms with Gasteiger partial charge >= 0.3 is 0 Å². The predicted octanol–water partition coefficient (Wildman–Crippen LogP) is 2.19. The van der Waals surface area contributed by atoms with Crippen LogP contribution in [-0.4, -0.2) is 44.2 Å². The number of methoxy groups -OCH3 is 1. The van der Waals surface area contributed by atoms with Gasteiger partial charge in [0.05, 0.1) is 0 Å². The van der Waals surface area contributed by atoms with Crippen LogP contribution in [0.25, 0.3) is 0 Å². The highest BCUT2D eigenvalue weighted by molar-refractivity contribution is 5.76. The second-order valence-electron chi connectivity index (χ2n) is 5.85. The molecule has 1 unspecified atom stereocenters. The van der Waals surface area contributed by atoms with Gasteiger partial charge in [-0.1, -0.05) is 12.1 Å². The summed E-state index contributed by atoms with van der Waals surface area (Å²) in [7, 11) is 1.66. The summed E-state index contributed by atoms with van der Waals surface area (Å²) < 4.78 is 18.1. The number of ether oxygens (including phenoxy) is 1. The van der Waals surface area contributed by atoms with Crippen molar-refractivity contribution in [1.29, 1.82) is 0 Å². The van der Waals surface area contributed by atoms with E-state index in [9.17, 15) is 9.18 Å². The second kappa shape index (κ2) is 8.86. The molecule has 1 aliphatic heterocycles. The number of carbonyl (C=O) groups excluding carboxylic acids is 1. The molecule has 1 atom stereocenters. The summed E-state index contributed by atoms with van der Waals surface area (Å²) in [4.78, 5) is 14.4. The minimum atomic E-state index is -0.252. The molecular weight excluding hydrogens is 283 g/mol. The SMILES string of the molecule is COCCCN(Cc1ccc(F)cc1)C(=O)CC1CCNC1. The Morgan fingerprint density at radius 2 is 2.18 bits per heavy atom. The molecule has 0 aliphatic carbocycles. The van der Waals surface area contributed by atoms with Gasteiger partial charge in [0.2, 0.25) is 5.91 Å². The minimum absolute atomic E-state index is 0.175. The molecule has 1 N–H and O–H groups in total. The quantitative estimate of drug-likeness (QED) is 0.749. The molecular formula is C17H25FN2O2. The maximum atomic E-state index is 13.0. The zero-order chi connectivity index (χ0) is 15.8. The number of nitrogens with one attached hydrogen (secondary N) is 1. The van der Waals surface area contributed by atoms with E-state index in [-0.39, 0.29) is 11.7 Å². The number of halogens is 1. The fourth-order valence-electron chi connectivity index (χ4n) is 2.77. The van der Waals surface area contributed by atoms with Gasteiger partial charge in [0.1, 0.15) is 5.82 Å². The number of hydrogen-bond acceptors (Lipinski definition) is 3. The van der Waals surface area contributed by atoms with E-state index in [4.69, 9.17) is 4.74 Å². The van der Waals surface area contributed by atoms with Gasteiger partial charge in [0, 0.05) is 33.2 Å². The Balaban J connectivity index is 1.94. The van der Waals surface area contributed by atoms with Crippen LogP contribution < -0.4 is 5.32 Å². The molecule has 0 aromatic heterocycles. The average Bonchev–Trinajstić information content (AvgIpc) is 3.01. The van der Waals surface area contributed by atoms with E-state index < -0.39 is 0 Å². The zero-order valence-corrected chi connectivity index (χ0v) is 13.2. The lowest BCUT2D eigenvalue weighted by molar-refractivity contribution is -0.132. The second-order valence-corrected chi connectivity index (χ2v) is 5.85. The number of carbonyl (C=O) groups is 1. The van der Waals surface area contributed by atoms with E-state index in [2.05, 4.69) is 5.32 Å². The van der Waals surface area contributed by atoms with E-state index in [1.54, 1.807) is 19.2 Å². The topological polar surface area (TPSA) is 41.6 Å². The Hall–Kier alpha value is -1.46. The van der Waals surface area contributed by atoms with Crippen molar-refractivity contribution in [3.8, 4) is 0 Å². The molecule has 2 rings (SSSR count). The molecule has 22 heavy (non-hydrogen) atoms. The summed E-state index contributed by atoms with van der Waals surface area (Å²) in [5.41, 5.74) is 0.955. The van der Waals surface area contributed by atoms with Crippen molar-refractivity contribution in [3.63, 3.8) is 0 Å². The first-order valence-electron chi connectivity index (χ1n) is 7.91. The van der Waals surface area contributed by atoms with Crippen LogP contribution in [0.15, 0.2) is 24.3 Å². The molecule has 1 heterocycles. The number of nitrogens with zero attached hydrogens (tertiary/aromatic N) is 1. The third-order valence-electron chi connectivity index (χ3n) is 4.04. The van der Waals surface area contributed by atoms with Gasteiger partial charge in [-0.3, -0.25) is 4.79 Å². The Kier molecular flexibility index (Phi) is 6.80. The summed E-state index contributed by atoms with van der Waals surface area (Å²) in [5.74, 6) is 0.359. The number of benzene rings is 1. The van der Waals surface area contributed by atoms with Gasteiger partial charge in [-0.2, -0.15) is 0 Å². The summed E-state index contributed by atoms with van der Waals surface area (Å²) >= 11 is 0. The van der Waals surface area contributed by atoms with Crippen LogP contribution >= 0.6 is 0 Å². The van der Waals surface area contributed by atoms with E-state index >= 15 is 0 Å². The van der Waals surface area contributed by atoms with Crippen molar-refractivity contribution in [2.75, 3.05) is 33.4 Å². The van der Waals surface area contributed by atoms with E-state index in [0.717, 1.165) is 31.5 Å². The van der Waals surface area contributed by atoms with E-state index in [1.165, 1.54) is 12.1 Å². The van der Waals surface area contributed by atoms with Crippen LogP contribution in [0.3, 0.4) is 0 Å². The Labute approximate surface area is 131 Å². The van der Waals surface area contributed by atoms with Crippen molar-refractivity contribution in [3.05, 3.63) is 35.6 Å². The molecule has 0 saturated carbocycles. The van der Waals surface area contributed by atoms with Crippen LogP contribution in [0.2, 0.25) is 0 Å². The van der Waals surface area contributed by atoms with Gasteiger partial charge in [-0.25, -0.2) is 4.39 Å². The average molecular weight is 308 g/mol. The molecule has 1 aromatic rings. The Bertz CT molecular complexity index is 458. The lowest BCUT2D eigenvalue weighted by Crippen LogP contribution is -2.33. The molecule has 1 saturated heterocycles. The van der Waals surface area contributed by atoms with E-state index in [0.29, 0.717) is 32.0 Å². The highest BCUT2D eigenvalue weighted by Gasteiger charge is 2.21. The Morgan fingerprint density at radius 3 is 2.82 bits per heavy atom. The molecule has 0 spiro atoms. The van der Waals surface area contributed by atoms with Gasteiger partial charge in [-0.05, 0) is 49.5 Å². The lowest BCUT2D eigenvalue weighted by atomic mass is 10.0. The highest BCUT2D eigenvalue weighted by atomic mass is 19.1. The smallest absolute Gasteiger partial charge is 0.223 e. The molecule has 1 fully saturated rings. The third kappa shape index (κ3) is 5.39. The molecule has 0 radical (unpaired) electrons. The number of amides is 1. The van der Waals surface area contributed by atoms with Crippen molar-refractivity contribution in [2.24, 2.45) is 5.92 Å². The fraction of sp³-hybridized carbons (Fsp3) is 0.588. The molecule has 122 valence electrons. The lowest BCUT2D eigenvalue weighted by Gasteiger charge is -2.24. The van der Waals surface area contributed by atoms with Gasteiger partial charge in [-0.15, -0.1) is 0 Å². The molecule has 0 bridgehead atoms. The molecule has 4 nitrogen and oxygen atoms in total. The normalized spacial score (nSPS) is 17.6. The van der Waals surface area contributed by atoms with Crippen molar-refractivity contribution in [2.45, 2.75) is 25.8 Å². The molecule has 5 heteroatoms. The summed E-state index contributed by atoms with van der Waals surface area (Å²) in [6.45, 7) is 3.76. The number of hydrogen-bond donors (Lipinski definition) is 1. The minimum Gasteiger partial charge on any atom is -0.385 e. The predicted molar refractivity (Wildman–Crippen MR) is 83.9 cm³/mol. The first-order chi connectivity index (χ1) is 10.7. The highest BCUT2D eigenvalue weighted by Crippen LogP contribution is 2.16. The van der Waals surface area contributed by atoms with Gasteiger partial charge in [0.15, 0.2) is 0 Å². The third-order valence-corrected chi connectivity index (χ3v) is 4.04. The van der Waals surface area contributed by atoms with Crippen LogP contribution in [-0.2, 0) is 16.1 Å². The van der Waals surface area contributed by atoms with E-state index in [1.807, 2.05) is 4.90 Å². The van der Waals surface area contributed by atoms with Crippen molar-refractivity contribution >= 4 is 5.91 Å². The summed E-state index contributed by atoms with van der Waals surface area (Å²) in [6, 6.07) is 6.36. The molecule has 1 aromatic carbocycles. The summed E-state index contributed by atoms with van der Waals surface area (Å²) in [5, 5.41) is 3.29. The van der Waals surface area contributed by atoms with Crippen LogP contribution in [0.5, 0.6) is 0 Å². The maximum absolute atomic E-state index is 13.0. The van der Waals surface area contributed by atoms with Crippen LogP contribution in [0.1, 0.15) is 24.8 Å². The number of rotatable bonds is 8. The Morgan fingerprint density at radius 1 is 1.41 bits per heavy atom. The molecule has 1 aliphatic rings. The zero-order valence-electron chi connectivity index (χ0n) is 13.2. The largest absolute Gasteiger partial charge is 0.385 e. The van der Waals surface area contributed by atoms with Gasteiger partial charge < -0.3 is 15.0 Å². The standard InChI is InChI=1S/C17H25FN2O2/c1-22-10-2-9-20(13-14-3-5-16(18)6-4-14)17(21)11-15-7-8-19-12-15/h3-6,15,19H,2,7-13H2,1H3. The van der Waals surface area contributed by atoms with Crippen molar-refractivity contribution in [1.82, 2.24) is 10.2 Å². The summed E-state index contributed by atoms with van der Waals surface area (Å²) in [6.07, 6.45) is 2.46. The van der Waals surface area contributed by atoms with Crippen molar-refractivity contribution < 1.29 is 13.9 Å². The first-order valence-corrected chi connectivity index (χ1v) is 7.91. The monoisotopic (exact) mass is 308 g/mol. The first kappa shape index (κ1) is 16.9. The van der Waals surface area contributed by atoms with Crippen LogP contribution in [0, 0.1) is 11.7 Å². The van der Waals surface area contributed by atoms with Crippen LogP contribution in [0.4, 0.5) is 4.39 Å². The fourth-order valence-corrected chi connectivity index (χ4v) is 2.77. The van der Waals surface area contributed by atoms with Gasteiger partial charge in [0.25, 0.3) is 0 Å². The maximum Gasteiger partial charge on any atom is 0.223 e.